The Bertz CT molecular complexity index is 241. The van der Waals surface area contributed by atoms with E-state index < -0.39 is 8.32 Å². The summed E-state index contributed by atoms with van der Waals surface area (Å²) in [6.07, 6.45) is 10.8. The molecule has 0 aromatic carbocycles. The first-order chi connectivity index (χ1) is 8.06. The smallest absolute Gasteiger partial charge is 0.278 e. The predicted octanol–water partition coefficient (Wildman–Crippen LogP) is 4.47. The van der Waals surface area contributed by atoms with E-state index in [2.05, 4.69) is 30.9 Å². The Balaban J connectivity index is 3.16. The van der Waals surface area contributed by atoms with Crippen LogP contribution < -0.4 is 0 Å². The van der Waals surface area contributed by atoms with Crippen molar-refractivity contribution in [1.82, 2.24) is 0 Å². The molecule has 0 aliphatic rings. The summed E-state index contributed by atoms with van der Waals surface area (Å²) >= 11 is 0. The van der Waals surface area contributed by atoms with Gasteiger partial charge >= 0.3 is 0 Å². The molecule has 0 heterocycles. The first-order valence-corrected chi connectivity index (χ1v) is 10.0. The Hall–Kier alpha value is -0.823. The number of rotatable bonds is 10. The van der Waals surface area contributed by atoms with Gasteiger partial charge in [-0.25, -0.2) is 0 Å². The van der Waals surface area contributed by atoms with Gasteiger partial charge in [0.2, 0.25) is 0 Å². The zero-order chi connectivity index (χ0) is 13.0. The van der Waals surface area contributed by atoms with Crippen LogP contribution in [0.2, 0.25) is 19.6 Å². The van der Waals surface area contributed by atoms with Crippen LogP contribution in [0, 0.1) is 11.3 Å². The Kier molecular flexibility index (Phi) is 9.84. The Morgan fingerprint density at radius 2 is 1.65 bits per heavy atom. The van der Waals surface area contributed by atoms with E-state index >= 15 is 0 Å². The van der Waals surface area contributed by atoms with E-state index in [0.717, 1.165) is 12.8 Å². The molecule has 0 unspecified atom stereocenters. The molecule has 0 amide bonds. The van der Waals surface area contributed by atoms with Crippen molar-refractivity contribution in [3.8, 4) is 6.07 Å². The normalized spacial score (nSPS) is 11.6. The van der Waals surface area contributed by atoms with Gasteiger partial charge in [-0.1, -0.05) is 25.7 Å². The maximum Gasteiger partial charge on any atom is 0.278 e. The SMILES string of the molecule is C[Si](C)(C)ON=CCCCCCCCCC#N. The van der Waals surface area contributed by atoms with E-state index in [1.165, 1.54) is 32.1 Å². The van der Waals surface area contributed by atoms with Crippen molar-refractivity contribution in [2.45, 2.75) is 71.0 Å². The summed E-state index contributed by atoms with van der Waals surface area (Å²) in [7, 11) is -1.48. The molecule has 0 atom stereocenters. The molecule has 0 fully saturated rings. The van der Waals surface area contributed by atoms with Gasteiger partial charge in [0, 0.05) is 12.6 Å². The van der Waals surface area contributed by atoms with Crippen molar-refractivity contribution in [3.05, 3.63) is 0 Å². The first kappa shape index (κ1) is 16.2. The van der Waals surface area contributed by atoms with Gasteiger partial charge in [0.25, 0.3) is 8.32 Å². The Morgan fingerprint density at radius 3 is 2.24 bits per heavy atom. The fourth-order valence-corrected chi connectivity index (χ4v) is 1.79. The standard InChI is InChI=1S/C13H26N2OSi/c1-17(2,3)16-15-13-11-9-7-5-4-6-8-10-12-14/h13H,4-11H2,1-3H3. The van der Waals surface area contributed by atoms with E-state index in [4.69, 9.17) is 9.79 Å². The summed E-state index contributed by atoms with van der Waals surface area (Å²) in [5.74, 6) is 0. The molecular weight excluding hydrogens is 228 g/mol. The van der Waals surface area contributed by atoms with E-state index in [0.29, 0.717) is 6.42 Å². The molecule has 0 N–H and O–H groups in total. The van der Waals surface area contributed by atoms with Crippen LogP contribution in [0.1, 0.15) is 51.4 Å². The van der Waals surface area contributed by atoms with Gasteiger partial charge in [0.15, 0.2) is 0 Å². The highest BCUT2D eigenvalue weighted by molar-refractivity contribution is 6.69. The maximum atomic E-state index is 8.37. The van der Waals surface area contributed by atoms with E-state index in [9.17, 15) is 0 Å². The third-order valence-electron chi connectivity index (χ3n) is 2.27. The molecular formula is C13H26N2OSi. The van der Waals surface area contributed by atoms with E-state index in [-0.39, 0.29) is 0 Å². The highest BCUT2D eigenvalue weighted by Crippen LogP contribution is 2.08. The molecule has 98 valence electrons. The van der Waals surface area contributed by atoms with Gasteiger partial charge < -0.3 is 4.53 Å². The molecule has 0 bridgehead atoms. The van der Waals surface area contributed by atoms with Crippen molar-refractivity contribution in [2.75, 3.05) is 0 Å². The average molecular weight is 254 g/mol. The highest BCUT2D eigenvalue weighted by Gasteiger charge is 2.14. The lowest BCUT2D eigenvalue weighted by Crippen LogP contribution is -2.22. The zero-order valence-electron chi connectivity index (χ0n) is 11.5. The van der Waals surface area contributed by atoms with Gasteiger partial charge in [0.05, 0.1) is 6.07 Å². The quantitative estimate of drug-likeness (QED) is 0.250. The minimum Gasteiger partial charge on any atom is -0.456 e. The third-order valence-corrected chi connectivity index (χ3v) is 2.93. The van der Waals surface area contributed by atoms with Gasteiger partial charge in [-0.05, 0) is 38.9 Å². The largest absolute Gasteiger partial charge is 0.456 e. The van der Waals surface area contributed by atoms with Crippen LogP contribution in [0.3, 0.4) is 0 Å². The second-order valence-electron chi connectivity index (χ2n) is 5.31. The van der Waals surface area contributed by atoms with Gasteiger partial charge in [-0.2, -0.15) is 5.26 Å². The molecule has 0 rings (SSSR count). The minimum absolute atomic E-state index is 0.709. The number of nitriles is 1. The first-order valence-electron chi connectivity index (χ1n) is 6.63. The molecule has 4 heteroatoms. The molecule has 0 aliphatic carbocycles. The van der Waals surface area contributed by atoms with E-state index in [1.54, 1.807) is 0 Å². The third kappa shape index (κ3) is 15.2. The number of unbranched alkanes of at least 4 members (excludes halogenated alkanes) is 7. The fraction of sp³-hybridized carbons (Fsp3) is 0.846. The molecule has 0 saturated carbocycles. The molecule has 0 aliphatic heterocycles. The van der Waals surface area contributed by atoms with Crippen LogP contribution in [0.25, 0.3) is 0 Å². The molecule has 0 saturated heterocycles. The van der Waals surface area contributed by atoms with Crippen molar-refractivity contribution in [1.29, 1.82) is 5.26 Å². The average Bonchev–Trinajstić information content (AvgIpc) is 2.24. The minimum atomic E-state index is -1.48. The zero-order valence-corrected chi connectivity index (χ0v) is 12.5. The summed E-state index contributed by atoms with van der Waals surface area (Å²) in [5.41, 5.74) is 0. The van der Waals surface area contributed by atoms with Crippen molar-refractivity contribution < 1.29 is 4.53 Å². The fourth-order valence-electron chi connectivity index (χ4n) is 1.39. The van der Waals surface area contributed by atoms with Crippen LogP contribution in [-0.4, -0.2) is 14.5 Å². The van der Waals surface area contributed by atoms with Crippen LogP contribution in [0.5, 0.6) is 0 Å². The predicted molar refractivity (Wildman–Crippen MR) is 75.5 cm³/mol. The summed E-state index contributed by atoms with van der Waals surface area (Å²) in [5, 5.41) is 12.4. The van der Waals surface area contributed by atoms with Crippen LogP contribution in [0.15, 0.2) is 5.16 Å². The summed E-state index contributed by atoms with van der Waals surface area (Å²) < 4.78 is 5.38. The lowest BCUT2D eigenvalue weighted by atomic mass is 10.1. The second kappa shape index (κ2) is 10.3. The Morgan fingerprint density at radius 1 is 1.06 bits per heavy atom. The highest BCUT2D eigenvalue weighted by atomic mass is 28.4. The van der Waals surface area contributed by atoms with Crippen LogP contribution >= 0.6 is 0 Å². The van der Waals surface area contributed by atoms with Crippen molar-refractivity contribution in [2.24, 2.45) is 5.16 Å². The monoisotopic (exact) mass is 254 g/mol. The van der Waals surface area contributed by atoms with Crippen LogP contribution in [0.4, 0.5) is 0 Å². The van der Waals surface area contributed by atoms with Gasteiger partial charge in [0.1, 0.15) is 0 Å². The molecule has 0 aromatic rings. The number of nitrogens with zero attached hydrogens (tertiary/aromatic N) is 2. The second-order valence-corrected chi connectivity index (χ2v) is 9.72. The molecule has 0 radical (unpaired) electrons. The summed E-state index contributed by atoms with van der Waals surface area (Å²) in [6, 6.07) is 2.18. The van der Waals surface area contributed by atoms with E-state index in [1.807, 2.05) is 6.21 Å². The lowest BCUT2D eigenvalue weighted by Gasteiger charge is -2.11. The number of hydrogen-bond donors (Lipinski definition) is 0. The molecule has 0 aromatic heterocycles. The lowest BCUT2D eigenvalue weighted by molar-refractivity contribution is 0.336. The van der Waals surface area contributed by atoms with Crippen molar-refractivity contribution >= 4 is 14.5 Å². The number of oxime groups is 1. The van der Waals surface area contributed by atoms with Gasteiger partial charge in [-0.15, -0.1) is 5.16 Å². The summed E-state index contributed by atoms with van der Waals surface area (Å²) in [6.45, 7) is 6.39. The molecule has 17 heavy (non-hydrogen) atoms. The molecule has 3 nitrogen and oxygen atoms in total. The summed E-state index contributed by atoms with van der Waals surface area (Å²) in [4.78, 5) is 0. The topological polar surface area (TPSA) is 45.4 Å². The van der Waals surface area contributed by atoms with Gasteiger partial charge in [-0.3, -0.25) is 0 Å². The maximum absolute atomic E-state index is 8.37. The Labute approximate surface area is 107 Å². The van der Waals surface area contributed by atoms with Crippen molar-refractivity contribution in [3.63, 3.8) is 0 Å². The van der Waals surface area contributed by atoms with Crippen LogP contribution in [-0.2, 0) is 4.53 Å². The number of hydrogen-bond acceptors (Lipinski definition) is 3. The molecule has 0 spiro atoms.